The molecule has 0 amide bonds. The van der Waals surface area contributed by atoms with E-state index in [1.54, 1.807) is 6.20 Å². The first-order valence-corrected chi connectivity index (χ1v) is 7.92. The van der Waals surface area contributed by atoms with Gasteiger partial charge in [0, 0.05) is 31.0 Å². The Morgan fingerprint density at radius 2 is 2.19 bits per heavy atom. The number of hydrogen-bond donors (Lipinski definition) is 3. The third kappa shape index (κ3) is 3.50. The van der Waals surface area contributed by atoms with Crippen molar-refractivity contribution in [3.05, 3.63) is 40.4 Å². The van der Waals surface area contributed by atoms with E-state index in [2.05, 4.69) is 14.9 Å². The summed E-state index contributed by atoms with van der Waals surface area (Å²) < 4.78 is 28.7. The quantitative estimate of drug-likeness (QED) is 0.705. The lowest BCUT2D eigenvalue weighted by Crippen LogP contribution is -2.16. The molecule has 2 aromatic heterocycles. The molecule has 9 heteroatoms. The Balaban J connectivity index is 2.30. The first-order valence-electron chi connectivity index (χ1n) is 6.44. The van der Waals surface area contributed by atoms with Crippen molar-refractivity contribution in [3.63, 3.8) is 0 Å². The standard InChI is InChI=1S/C12H17N5O3S/c1-2-5-17-8-10(6-9(17)7-13)21(19,20)16-11-3-4-12(18)15-14-11/h3-4,6,8H,2,5,7,13H2,1H3,(H,14,16)(H,15,18). The van der Waals surface area contributed by atoms with Crippen molar-refractivity contribution in [2.75, 3.05) is 4.72 Å². The lowest BCUT2D eigenvalue weighted by atomic mass is 10.4. The van der Waals surface area contributed by atoms with Crippen LogP contribution in [0.1, 0.15) is 19.0 Å². The zero-order valence-corrected chi connectivity index (χ0v) is 12.4. The Labute approximate surface area is 122 Å². The van der Waals surface area contributed by atoms with Gasteiger partial charge in [-0.3, -0.25) is 9.52 Å². The van der Waals surface area contributed by atoms with Gasteiger partial charge in [-0.05, 0) is 18.6 Å². The molecule has 2 heterocycles. The zero-order chi connectivity index (χ0) is 15.5. The first kappa shape index (κ1) is 15.3. The topological polar surface area (TPSA) is 123 Å². The molecule has 0 aliphatic heterocycles. The molecule has 0 aliphatic rings. The van der Waals surface area contributed by atoms with Gasteiger partial charge < -0.3 is 10.3 Å². The second kappa shape index (κ2) is 6.10. The minimum absolute atomic E-state index is 0.0483. The Hall–Kier alpha value is -2.13. The number of nitrogens with two attached hydrogens (primary N) is 1. The number of aryl methyl sites for hydroxylation is 1. The molecule has 2 aromatic rings. The van der Waals surface area contributed by atoms with Gasteiger partial charge in [-0.25, -0.2) is 13.5 Å². The second-order valence-electron chi connectivity index (χ2n) is 4.48. The van der Waals surface area contributed by atoms with Gasteiger partial charge in [-0.1, -0.05) is 6.92 Å². The molecule has 0 saturated carbocycles. The number of aromatic amines is 1. The van der Waals surface area contributed by atoms with Crippen molar-refractivity contribution in [2.24, 2.45) is 5.73 Å². The summed E-state index contributed by atoms with van der Waals surface area (Å²) in [7, 11) is -3.77. The summed E-state index contributed by atoms with van der Waals surface area (Å²) >= 11 is 0. The zero-order valence-electron chi connectivity index (χ0n) is 11.5. The average molecular weight is 311 g/mol. The molecule has 2 rings (SSSR count). The van der Waals surface area contributed by atoms with E-state index < -0.39 is 15.6 Å². The average Bonchev–Trinajstić information content (AvgIpc) is 2.86. The van der Waals surface area contributed by atoms with E-state index in [0.717, 1.165) is 12.1 Å². The molecule has 0 fully saturated rings. The molecule has 114 valence electrons. The maximum Gasteiger partial charge on any atom is 0.264 e. The lowest BCUT2D eigenvalue weighted by molar-refractivity contribution is 0.599. The molecular formula is C12H17N5O3S. The van der Waals surface area contributed by atoms with E-state index in [1.807, 2.05) is 11.5 Å². The molecule has 0 aliphatic carbocycles. The van der Waals surface area contributed by atoms with Crippen LogP contribution >= 0.6 is 0 Å². The van der Waals surface area contributed by atoms with Crippen LogP contribution in [-0.4, -0.2) is 23.2 Å². The third-order valence-electron chi connectivity index (χ3n) is 2.86. The summed E-state index contributed by atoms with van der Waals surface area (Å²) in [6, 6.07) is 4.02. The fourth-order valence-electron chi connectivity index (χ4n) is 1.89. The summed E-state index contributed by atoms with van der Waals surface area (Å²) in [5.74, 6) is 0.0483. The molecule has 0 unspecified atom stereocenters. The van der Waals surface area contributed by atoms with Gasteiger partial charge in [0.1, 0.15) is 4.90 Å². The molecule has 4 N–H and O–H groups in total. The maximum absolute atomic E-state index is 12.3. The second-order valence-corrected chi connectivity index (χ2v) is 6.16. The highest BCUT2D eigenvalue weighted by molar-refractivity contribution is 7.92. The van der Waals surface area contributed by atoms with Gasteiger partial charge in [0.05, 0.1) is 0 Å². The Bertz CT molecular complexity index is 758. The Morgan fingerprint density at radius 3 is 2.76 bits per heavy atom. The smallest absolute Gasteiger partial charge is 0.264 e. The highest BCUT2D eigenvalue weighted by Crippen LogP contribution is 2.17. The largest absolute Gasteiger partial charge is 0.349 e. The van der Waals surface area contributed by atoms with Crippen LogP contribution in [-0.2, 0) is 23.1 Å². The highest BCUT2D eigenvalue weighted by Gasteiger charge is 2.18. The normalized spacial score (nSPS) is 11.5. The van der Waals surface area contributed by atoms with Crippen LogP contribution in [0, 0.1) is 0 Å². The molecule has 0 spiro atoms. The van der Waals surface area contributed by atoms with Gasteiger partial charge >= 0.3 is 0 Å². The van der Waals surface area contributed by atoms with Crippen molar-refractivity contribution >= 4 is 15.8 Å². The number of H-pyrrole nitrogens is 1. The predicted octanol–water partition coefficient (Wildman–Crippen LogP) is 0.241. The molecule has 0 radical (unpaired) electrons. The number of aromatic nitrogens is 3. The van der Waals surface area contributed by atoms with E-state index in [0.29, 0.717) is 6.54 Å². The van der Waals surface area contributed by atoms with Gasteiger partial charge in [0.2, 0.25) is 0 Å². The number of nitrogens with one attached hydrogen (secondary N) is 2. The van der Waals surface area contributed by atoms with Crippen molar-refractivity contribution in [1.82, 2.24) is 14.8 Å². The fourth-order valence-corrected chi connectivity index (χ4v) is 2.96. The lowest BCUT2D eigenvalue weighted by Gasteiger charge is -2.05. The summed E-state index contributed by atoms with van der Waals surface area (Å²) in [6.07, 6.45) is 2.41. The van der Waals surface area contributed by atoms with Crippen molar-refractivity contribution in [2.45, 2.75) is 31.3 Å². The predicted molar refractivity (Wildman–Crippen MR) is 78.3 cm³/mol. The van der Waals surface area contributed by atoms with Gasteiger partial charge in [-0.2, -0.15) is 5.10 Å². The first-order chi connectivity index (χ1) is 9.96. The Kier molecular flexibility index (Phi) is 4.43. The van der Waals surface area contributed by atoms with E-state index in [4.69, 9.17) is 5.73 Å². The minimum Gasteiger partial charge on any atom is -0.349 e. The summed E-state index contributed by atoms with van der Waals surface area (Å²) in [5.41, 5.74) is 5.96. The molecule has 21 heavy (non-hydrogen) atoms. The van der Waals surface area contributed by atoms with E-state index in [9.17, 15) is 13.2 Å². The van der Waals surface area contributed by atoms with E-state index in [1.165, 1.54) is 18.2 Å². The summed E-state index contributed by atoms with van der Waals surface area (Å²) in [4.78, 5) is 11.0. The minimum atomic E-state index is -3.77. The van der Waals surface area contributed by atoms with Crippen molar-refractivity contribution in [1.29, 1.82) is 0 Å². The number of hydrogen-bond acceptors (Lipinski definition) is 5. The van der Waals surface area contributed by atoms with Crippen molar-refractivity contribution in [3.8, 4) is 0 Å². The summed E-state index contributed by atoms with van der Waals surface area (Å²) in [5, 5.41) is 5.78. The van der Waals surface area contributed by atoms with Crippen LogP contribution in [0.25, 0.3) is 0 Å². The molecular weight excluding hydrogens is 294 g/mol. The third-order valence-corrected chi connectivity index (χ3v) is 4.18. The van der Waals surface area contributed by atoms with Gasteiger partial charge in [0.25, 0.3) is 15.6 Å². The van der Waals surface area contributed by atoms with Gasteiger partial charge in [-0.15, -0.1) is 0 Å². The SMILES string of the molecule is CCCn1cc(S(=O)(=O)Nc2ccc(=O)[nH]n2)cc1CN. The maximum atomic E-state index is 12.3. The molecule has 0 aromatic carbocycles. The van der Waals surface area contributed by atoms with Gasteiger partial charge in [0.15, 0.2) is 5.82 Å². The number of nitrogens with zero attached hydrogens (tertiary/aromatic N) is 2. The summed E-state index contributed by atoms with van der Waals surface area (Å²) in [6.45, 7) is 2.95. The van der Waals surface area contributed by atoms with E-state index in [-0.39, 0.29) is 17.3 Å². The van der Waals surface area contributed by atoms with Crippen LogP contribution in [0.3, 0.4) is 0 Å². The molecule has 0 saturated heterocycles. The van der Waals surface area contributed by atoms with Crippen LogP contribution in [0.5, 0.6) is 0 Å². The fraction of sp³-hybridized carbons (Fsp3) is 0.333. The van der Waals surface area contributed by atoms with Crippen LogP contribution < -0.4 is 16.0 Å². The number of rotatable bonds is 6. The number of sulfonamides is 1. The van der Waals surface area contributed by atoms with Crippen LogP contribution in [0.4, 0.5) is 5.82 Å². The monoisotopic (exact) mass is 311 g/mol. The highest BCUT2D eigenvalue weighted by atomic mass is 32.2. The number of anilines is 1. The molecule has 8 nitrogen and oxygen atoms in total. The van der Waals surface area contributed by atoms with E-state index >= 15 is 0 Å². The van der Waals surface area contributed by atoms with Crippen LogP contribution in [0.2, 0.25) is 0 Å². The molecule has 0 atom stereocenters. The van der Waals surface area contributed by atoms with Crippen LogP contribution in [0.15, 0.2) is 34.1 Å². The Morgan fingerprint density at radius 1 is 1.43 bits per heavy atom. The molecule has 0 bridgehead atoms. The van der Waals surface area contributed by atoms with Crippen molar-refractivity contribution < 1.29 is 8.42 Å².